The molecule has 0 atom stereocenters. The first-order valence-electron chi connectivity index (χ1n) is 7.10. The van der Waals surface area contributed by atoms with Crippen molar-refractivity contribution in [2.75, 3.05) is 7.11 Å². The third-order valence-electron chi connectivity index (χ3n) is 3.08. The molecule has 0 aliphatic rings. The number of pyridine rings is 1. The molecule has 4 heteroatoms. The minimum atomic E-state index is 0.454. The number of rotatable bonds is 6. The summed E-state index contributed by atoms with van der Waals surface area (Å²) in [5.41, 5.74) is 2.15. The molecule has 1 N–H and O–H groups in total. The quantitative estimate of drug-likeness (QED) is 0.879. The van der Waals surface area contributed by atoms with Crippen LogP contribution in [-0.2, 0) is 6.54 Å². The van der Waals surface area contributed by atoms with Gasteiger partial charge in [-0.05, 0) is 30.7 Å². The van der Waals surface area contributed by atoms with Gasteiger partial charge in [0.2, 0.25) is 5.88 Å². The number of aryl methyl sites for hydroxylation is 1. The number of nitrogens with zero attached hydrogens (tertiary/aromatic N) is 1. The van der Waals surface area contributed by atoms with Crippen molar-refractivity contribution in [3.05, 3.63) is 47.7 Å². The molecule has 0 radical (unpaired) electrons. The maximum absolute atomic E-state index is 5.86. The molecule has 0 fully saturated rings. The number of para-hydroxylation sites is 2. The van der Waals surface area contributed by atoms with E-state index >= 15 is 0 Å². The molecule has 4 nitrogen and oxygen atoms in total. The Morgan fingerprint density at radius 2 is 1.90 bits per heavy atom. The molecular formula is C17H22N2O2. The van der Waals surface area contributed by atoms with Crippen molar-refractivity contribution in [3.8, 4) is 17.4 Å². The average molecular weight is 286 g/mol. The predicted molar refractivity (Wildman–Crippen MR) is 84.0 cm³/mol. The maximum Gasteiger partial charge on any atom is 0.222 e. The van der Waals surface area contributed by atoms with Crippen LogP contribution in [0.2, 0.25) is 0 Å². The summed E-state index contributed by atoms with van der Waals surface area (Å²) in [6.45, 7) is 7.05. The van der Waals surface area contributed by atoms with Crippen molar-refractivity contribution in [1.29, 1.82) is 0 Å². The van der Waals surface area contributed by atoms with Gasteiger partial charge in [-0.25, -0.2) is 4.98 Å². The number of aromatic nitrogens is 1. The number of hydrogen-bond donors (Lipinski definition) is 1. The summed E-state index contributed by atoms with van der Waals surface area (Å²) in [5.74, 6) is 1.97. The lowest BCUT2D eigenvalue weighted by molar-refractivity contribution is 0.373. The molecule has 2 aromatic rings. The van der Waals surface area contributed by atoms with Crippen LogP contribution in [0.4, 0.5) is 0 Å². The number of ether oxygens (including phenoxy) is 2. The van der Waals surface area contributed by atoms with Crippen LogP contribution in [0.5, 0.6) is 17.4 Å². The second-order valence-corrected chi connectivity index (χ2v) is 5.25. The smallest absolute Gasteiger partial charge is 0.222 e. The highest BCUT2D eigenvalue weighted by atomic mass is 16.5. The van der Waals surface area contributed by atoms with Gasteiger partial charge in [-0.2, -0.15) is 0 Å². The molecule has 0 aliphatic heterocycles. The second-order valence-electron chi connectivity index (χ2n) is 5.25. The number of hydrogen-bond acceptors (Lipinski definition) is 4. The van der Waals surface area contributed by atoms with Gasteiger partial charge in [0, 0.05) is 24.3 Å². The summed E-state index contributed by atoms with van der Waals surface area (Å²) in [4.78, 5) is 4.41. The molecule has 0 saturated carbocycles. The number of benzene rings is 1. The molecular weight excluding hydrogens is 264 g/mol. The summed E-state index contributed by atoms with van der Waals surface area (Å²) >= 11 is 0. The minimum absolute atomic E-state index is 0.454. The number of nitrogens with one attached hydrogen (secondary N) is 1. The van der Waals surface area contributed by atoms with E-state index in [0.717, 1.165) is 17.7 Å². The monoisotopic (exact) mass is 286 g/mol. The molecule has 0 bridgehead atoms. The van der Waals surface area contributed by atoms with Crippen LogP contribution in [-0.4, -0.2) is 18.1 Å². The molecule has 21 heavy (non-hydrogen) atoms. The van der Waals surface area contributed by atoms with Crippen LogP contribution in [0.25, 0.3) is 0 Å². The van der Waals surface area contributed by atoms with Crippen molar-refractivity contribution in [3.63, 3.8) is 0 Å². The van der Waals surface area contributed by atoms with Crippen LogP contribution in [0.1, 0.15) is 25.0 Å². The zero-order valence-corrected chi connectivity index (χ0v) is 13.0. The fourth-order valence-corrected chi connectivity index (χ4v) is 1.95. The lowest BCUT2D eigenvalue weighted by Gasteiger charge is -2.12. The van der Waals surface area contributed by atoms with Gasteiger partial charge < -0.3 is 14.8 Å². The van der Waals surface area contributed by atoms with Crippen LogP contribution in [0.3, 0.4) is 0 Å². The van der Waals surface area contributed by atoms with Gasteiger partial charge in [-0.1, -0.05) is 26.0 Å². The van der Waals surface area contributed by atoms with Crippen molar-refractivity contribution in [1.82, 2.24) is 10.3 Å². The van der Waals surface area contributed by atoms with E-state index in [0.29, 0.717) is 23.4 Å². The third kappa shape index (κ3) is 4.20. The maximum atomic E-state index is 5.86. The zero-order valence-electron chi connectivity index (χ0n) is 13.0. The first-order chi connectivity index (χ1) is 10.1. The van der Waals surface area contributed by atoms with Gasteiger partial charge >= 0.3 is 0 Å². The molecule has 1 heterocycles. The first kappa shape index (κ1) is 15.3. The standard InChI is InChI=1S/C17H22N2O2/c1-12(2)18-10-14-9-13(3)17(19-11-14)21-16-8-6-5-7-15(16)20-4/h5-9,11-12,18H,10H2,1-4H3. The highest BCUT2D eigenvalue weighted by Crippen LogP contribution is 2.31. The third-order valence-corrected chi connectivity index (χ3v) is 3.08. The van der Waals surface area contributed by atoms with Crippen molar-refractivity contribution < 1.29 is 9.47 Å². The average Bonchev–Trinajstić information content (AvgIpc) is 2.48. The fraction of sp³-hybridized carbons (Fsp3) is 0.353. The van der Waals surface area contributed by atoms with Crippen LogP contribution in [0, 0.1) is 6.92 Å². The van der Waals surface area contributed by atoms with Crippen molar-refractivity contribution in [2.45, 2.75) is 33.4 Å². The van der Waals surface area contributed by atoms with E-state index in [4.69, 9.17) is 9.47 Å². The highest BCUT2D eigenvalue weighted by molar-refractivity contribution is 5.43. The lowest BCUT2D eigenvalue weighted by atomic mass is 10.2. The Bertz CT molecular complexity index is 597. The van der Waals surface area contributed by atoms with Crippen molar-refractivity contribution >= 4 is 0 Å². The van der Waals surface area contributed by atoms with Gasteiger partial charge in [-0.3, -0.25) is 0 Å². The molecule has 0 saturated heterocycles. The van der Waals surface area contributed by atoms with Crippen LogP contribution >= 0.6 is 0 Å². The molecule has 0 aliphatic carbocycles. The lowest BCUT2D eigenvalue weighted by Crippen LogP contribution is -2.21. The summed E-state index contributed by atoms with van der Waals surface area (Å²) in [6, 6.07) is 10.1. The highest BCUT2D eigenvalue weighted by Gasteiger charge is 2.08. The summed E-state index contributed by atoms with van der Waals surface area (Å²) in [6.07, 6.45) is 1.84. The SMILES string of the molecule is COc1ccccc1Oc1ncc(CNC(C)C)cc1C. The Morgan fingerprint density at radius 1 is 1.19 bits per heavy atom. The minimum Gasteiger partial charge on any atom is -0.493 e. The Kier molecular flexibility index (Phi) is 5.17. The van der Waals surface area contributed by atoms with Crippen molar-refractivity contribution in [2.24, 2.45) is 0 Å². The van der Waals surface area contributed by atoms with Gasteiger partial charge in [0.15, 0.2) is 11.5 Å². The van der Waals surface area contributed by atoms with E-state index in [1.807, 2.05) is 37.4 Å². The molecule has 0 spiro atoms. The molecule has 1 aromatic heterocycles. The van der Waals surface area contributed by atoms with E-state index in [9.17, 15) is 0 Å². The van der Waals surface area contributed by atoms with Gasteiger partial charge in [-0.15, -0.1) is 0 Å². The fourth-order valence-electron chi connectivity index (χ4n) is 1.95. The van der Waals surface area contributed by atoms with Crippen LogP contribution < -0.4 is 14.8 Å². The second kappa shape index (κ2) is 7.09. The Balaban J connectivity index is 2.14. The van der Waals surface area contributed by atoms with E-state index in [-0.39, 0.29) is 0 Å². The molecule has 112 valence electrons. The van der Waals surface area contributed by atoms with E-state index in [1.54, 1.807) is 7.11 Å². The molecule has 1 aromatic carbocycles. The Labute approximate surface area is 126 Å². The molecule has 0 unspecified atom stereocenters. The predicted octanol–water partition coefficient (Wildman–Crippen LogP) is 3.69. The normalized spacial score (nSPS) is 10.7. The van der Waals surface area contributed by atoms with E-state index in [1.165, 1.54) is 0 Å². The zero-order chi connectivity index (χ0) is 15.2. The van der Waals surface area contributed by atoms with Gasteiger partial charge in [0.1, 0.15) is 0 Å². The molecule has 2 rings (SSSR count). The van der Waals surface area contributed by atoms with Gasteiger partial charge in [0.05, 0.1) is 7.11 Å². The summed E-state index contributed by atoms with van der Waals surface area (Å²) in [7, 11) is 1.63. The largest absolute Gasteiger partial charge is 0.493 e. The van der Waals surface area contributed by atoms with Crippen LogP contribution in [0.15, 0.2) is 36.5 Å². The molecule has 0 amide bonds. The van der Waals surface area contributed by atoms with Gasteiger partial charge in [0.25, 0.3) is 0 Å². The van der Waals surface area contributed by atoms with E-state index < -0.39 is 0 Å². The Morgan fingerprint density at radius 3 is 2.52 bits per heavy atom. The topological polar surface area (TPSA) is 43.4 Å². The van der Waals surface area contributed by atoms with E-state index in [2.05, 4.69) is 30.2 Å². The summed E-state index contributed by atoms with van der Waals surface area (Å²) in [5, 5.41) is 3.38. The Hall–Kier alpha value is -2.07. The summed E-state index contributed by atoms with van der Waals surface area (Å²) < 4.78 is 11.1. The number of methoxy groups -OCH3 is 1. The first-order valence-corrected chi connectivity index (χ1v) is 7.10.